The highest BCUT2D eigenvalue weighted by molar-refractivity contribution is 7.31. The lowest BCUT2D eigenvalue weighted by Gasteiger charge is -2.34. The van der Waals surface area contributed by atoms with Gasteiger partial charge in [0.2, 0.25) is 0 Å². The zero-order valence-electron chi connectivity index (χ0n) is 87.0. The molecule has 0 aliphatic carbocycles. The van der Waals surface area contributed by atoms with Gasteiger partial charge in [0.1, 0.15) is 0 Å². The molecule has 17 rings (SSSR count). The molecule has 0 spiro atoms. The van der Waals surface area contributed by atoms with Gasteiger partial charge in [-0.15, -0.1) is 136 Å². The maximum Gasteiger partial charge on any atom is 0.0534 e. The molecule has 0 amide bonds. The lowest BCUT2D eigenvalue weighted by Crippen LogP contribution is -2.23. The summed E-state index contributed by atoms with van der Waals surface area (Å²) in [7, 11) is 0. The predicted octanol–water partition coefficient (Wildman–Crippen LogP) is 43.8. The van der Waals surface area contributed by atoms with Crippen molar-refractivity contribution in [3.05, 3.63) is 247 Å². The second-order valence-electron chi connectivity index (χ2n) is 44.4. The van der Waals surface area contributed by atoms with E-state index in [1.165, 1.54) is 239 Å². The molecule has 12 heteroatoms. The van der Waals surface area contributed by atoms with Crippen molar-refractivity contribution in [3.8, 4) is 55.6 Å². The van der Waals surface area contributed by atoms with Gasteiger partial charge in [0, 0.05) is 114 Å². The van der Waals surface area contributed by atoms with Gasteiger partial charge in [-0.05, 0) is 287 Å². The van der Waals surface area contributed by atoms with Crippen LogP contribution in [-0.2, 0) is 38.9 Å². The molecule has 0 aliphatic heterocycles. The van der Waals surface area contributed by atoms with Gasteiger partial charge in [-0.1, -0.05) is 286 Å². The van der Waals surface area contributed by atoms with E-state index in [9.17, 15) is 0 Å². The van der Waals surface area contributed by atoms with Gasteiger partial charge in [0.25, 0.3) is 0 Å². The van der Waals surface area contributed by atoms with E-state index < -0.39 is 0 Å². The lowest BCUT2D eigenvalue weighted by atomic mass is 9.71. The molecule has 698 valence electrons. The number of thiophene rings is 12. The van der Waals surface area contributed by atoms with Crippen LogP contribution in [0.2, 0.25) is 0 Å². The number of hydrogen-bond donors (Lipinski definition) is 0. The molecule has 5 aromatic carbocycles. The number of hydrogen-bond acceptors (Lipinski definition) is 12. The predicted molar refractivity (Wildman–Crippen MR) is 614 cm³/mol. The average molecular weight is 1970 g/mol. The summed E-state index contributed by atoms with van der Waals surface area (Å²) >= 11 is 23.2. The van der Waals surface area contributed by atoms with Crippen molar-refractivity contribution in [2.45, 2.75) is 352 Å². The van der Waals surface area contributed by atoms with Crippen LogP contribution in [0.4, 0.5) is 0 Å². The largest absolute Gasteiger partial charge is 0.142 e. The number of benzene rings is 5. The number of aryl methyl sites for hydroxylation is 13. The Labute approximate surface area is 838 Å². The first-order valence-electron chi connectivity index (χ1n) is 47.5. The van der Waals surface area contributed by atoms with E-state index in [-0.39, 0.29) is 32.5 Å². The van der Waals surface area contributed by atoms with Crippen molar-refractivity contribution < 1.29 is 0 Å². The molecular weight excluding hydrogens is 1810 g/mol. The SMILES string of the molecule is CCc1c(C)sc2c(C)csc12.Cc1cc2sc(C)c(-c3c(C(C)(C)C)cc(C(C)(C)C)cc3C(C)(C)C)c2s1.Cc1cc2sc(C)c(-c3c(C(C)C)cc(C(C)C)cc3C(C)C)c2s1.Cc1cc2sc(C)c(-c3ccc(C(C)(C)C)cc3C(C)(C)C)c2s1.Cc1cc2sc(C)c(-c3ccc(C(C)C)cc3C(C)C)c2s1.Cc1cc2sc(C)c(-c3ccccc3C(C)(C)C)c2s1. The zero-order chi connectivity index (χ0) is 96.8. The molecule has 12 heterocycles. The Morgan fingerprint density at radius 3 is 0.931 bits per heavy atom. The molecule has 0 nitrogen and oxygen atoms in total. The van der Waals surface area contributed by atoms with E-state index in [1.807, 2.05) is 136 Å². The van der Waals surface area contributed by atoms with Crippen LogP contribution < -0.4 is 0 Å². The Bertz CT molecular complexity index is 6860. The van der Waals surface area contributed by atoms with E-state index in [0.29, 0.717) is 29.6 Å². The first kappa shape index (κ1) is 104. The van der Waals surface area contributed by atoms with Gasteiger partial charge < -0.3 is 0 Å². The van der Waals surface area contributed by atoms with Crippen LogP contribution in [0.1, 0.15) is 356 Å². The molecule has 0 atom stereocenters. The fourth-order valence-electron chi connectivity index (χ4n) is 18.3. The molecule has 0 bridgehead atoms. The van der Waals surface area contributed by atoms with Crippen LogP contribution in [0.25, 0.3) is 112 Å². The molecule has 0 fully saturated rings. The molecule has 12 aromatic heterocycles. The van der Waals surface area contributed by atoms with Gasteiger partial charge >= 0.3 is 0 Å². The summed E-state index contributed by atoms with van der Waals surface area (Å²) in [5, 5.41) is 2.26. The second-order valence-corrected chi connectivity index (χ2v) is 59.1. The molecular formula is C119H150S12. The molecule has 0 saturated carbocycles. The fraction of sp³-hybridized carbons (Fsp3) is 0.445. The molecule has 17 aromatic rings. The standard InChI is InChI=1S/C26H36S2.C23H30S2.C22H28S2.C20H24S2.C18H20S2.C10H12S2/c1-15-12-20-23(27-15)21(16(2)28-20)22-18(25(6,7)8)13-17(24(3,4)5)14-19(22)26(9,10)11;1-12(2)17-10-18(13(3)4)22(19(11-17)14(5)6)21-16(8)25-20-9-15(7)24-23(20)21;1-13-11-18-20(23-13)19(14(2)24-18)16-10-9-15(21(3,4)5)12-17(16)22(6,7)8;1-11(2)15-7-8-16(17(10-15)12(3)4)19-14(6)22-18-9-13(5)21-20(18)19;1-11-10-15-17(19-11)16(12(2)20-15)13-8-6-7-9-14(13)18(3,4)5;1-4-8-7(3)12-9-6(2)5-11-10(8)9/h12-14H,1-11H3;9-14H,1-8H3;9-12H,1-8H3;7-12H,1-6H3;6-10H,1-5H3;5H,4H2,1-3H3. The minimum atomic E-state index is 0.0869. The Kier molecular flexibility index (Phi) is 31.9. The maximum atomic E-state index is 2.49. The summed E-state index contributed by atoms with van der Waals surface area (Å²) in [6.45, 7) is 94.2. The van der Waals surface area contributed by atoms with Crippen molar-refractivity contribution >= 4 is 192 Å². The molecule has 0 radical (unpaired) electrons. The Morgan fingerprint density at radius 1 is 0.244 bits per heavy atom. The topological polar surface area (TPSA) is 0 Å². The minimum Gasteiger partial charge on any atom is -0.142 e. The second kappa shape index (κ2) is 40.2. The summed E-state index contributed by atoms with van der Waals surface area (Å²) in [5.74, 6) is 2.75. The van der Waals surface area contributed by atoms with Crippen LogP contribution in [0.15, 0.2) is 121 Å². The first-order valence-corrected chi connectivity index (χ1v) is 57.4. The van der Waals surface area contributed by atoms with E-state index >= 15 is 0 Å². The van der Waals surface area contributed by atoms with Crippen molar-refractivity contribution in [1.82, 2.24) is 0 Å². The summed E-state index contributed by atoms with van der Waals surface area (Å²) in [4.78, 5) is 15.8. The highest BCUT2D eigenvalue weighted by atomic mass is 32.1. The monoisotopic (exact) mass is 1960 g/mol. The van der Waals surface area contributed by atoms with Gasteiger partial charge in [0.15, 0.2) is 0 Å². The lowest BCUT2D eigenvalue weighted by molar-refractivity contribution is 0.550. The summed E-state index contributed by atoms with van der Waals surface area (Å²) < 4.78 is 17.6. The quantitative estimate of drug-likeness (QED) is 0.121. The molecule has 0 aliphatic rings. The van der Waals surface area contributed by atoms with Crippen molar-refractivity contribution in [2.75, 3.05) is 0 Å². The van der Waals surface area contributed by atoms with E-state index in [2.05, 4.69) is 405 Å². The van der Waals surface area contributed by atoms with Crippen molar-refractivity contribution in [1.29, 1.82) is 0 Å². The third kappa shape index (κ3) is 22.6. The average Bonchev–Trinajstić information content (AvgIpc) is 1.62. The Hall–Kier alpha value is -5.94. The maximum absolute atomic E-state index is 2.49. The normalized spacial score (nSPS) is 12.5. The highest BCUT2D eigenvalue weighted by Gasteiger charge is 2.34. The zero-order valence-corrected chi connectivity index (χ0v) is 96.8. The molecule has 0 N–H and O–H groups in total. The fourth-order valence-corrected chi connectivity index (χ4v) is 33.3. The first-order chi connectivity index (χ1) is 60.8. The van der Waals surface area contributed by atoms with Gasteiger partial charge in [0.05, 0.1) is 23.5 Å². The highest BCUT2D eigenvalue weighted by Crippen LogP contribution is 2.55. The summed E-state index contributed by atoms with van der Waals surface area (Å²) in [5.41, 5.74) is 34.6. The van der Waals surface area contributed by atoms with Gasteiger partial charge in [-0.25, -0.2) is 0 Å². The number of fused-ring (bicyclic) bond motifs is 6. The third-order valence-corrected chi connectivity index (χ3v) is 39.2. The summed E-state index contributed by atoms with van der Waals surface area (Å²) in [6, 6.07) is 44.7. The van der Waals surface area contributed by atoms with Crippen LogP contribution in [0.3, 0.4) is 0 Å². The number of rotatable bonds is 11. The smallest absolute Gasteiger partial charge is 0.0534 e. The molecule has 0 saturated heterocycles. The summed E-state index contributed by atoms with van der Waals surface area (Å²) in [6.07, 6.45) is 1.17. The van der Waals surface area contributed by atoms with Crippen LogP contribution in [0.5, 0.6) is 0 Å². The van der Waals surface area contributed by atoms with Crippen molar-refractivity contribution in [2.24, 2.45) is 0 Å². The van der Waals surface area contributed by atoms with Crippen LogP contribution in [-0.4, -0.2) is 0 Å². The van der Waals surface area contributed by atoms with E-state index in [1.54, 1.807) is 5.56 Å². The van der Waals surface area contributed by atoms with Crippen molar-refractivity contribution in [3.63, 3.8) is 0 Å². The van der Waals surface area contributed by atoms with Crippen LogP contribution >= 0.6 is 136 Å². The molecule has 131 heavy (non-hydrogen) atoms. The Balaban J connectivity index is 0.000000144. The minimum absolute atomic E-state index is 0.0869. The third-order valence-electron chi connectivity index (χ3n) is 25.4. The molecule has 0 unspecified atom stereocenters. The van der Waals surface area contributed by atoms with Gasteiger partial charge in [-0.3, -0.25) is 0 Å². The van der Waals surface area contributed by atoms with Gasteiger partial charge in [-0.2, -0.15) is 0 Å². The van der Waals surface area contributed by atoms with E-state index in [0.717, 1.165) is 0 Å². The Morgan fingerprint density at radius 2 is 0.573 bits per heavy atom. The van der Waals surface area contributed by atoms with Crippen LogP contribution in [0, 0.1) is 83.1 Å². The van der Waals surface area contributed by atoms with E-state index in [4.69, 9.17) is 0 Å².